The van der Waals surface area contributed by atoms with E-state index in [1.165, 1.54) is 31.9 Å². The normalized spacial score (nSPS) is 11.6. The molecule has 0 atom stereocenters. The van der Waals surface area contributed by atoms with Crippen molar-refractivity contribution in [2.75, 3.05) is 7.05 Å². The minimum Gasteiger partial charge on any atom is -0.480 e. The summed E-state index contributed by atoms with van der Waals surface area (Å²) < 4.78 is 0.918. The van der Waals surface area contributed by atoms with Gasteiger partial charge in [0.05, 0.1) is 0 Å². The molecule has 0 saturated carbocycles. The van der Waals surface area contributed by atoms with Gasteiger partial charge in [0.15, 0.2) is 0 Å². The number of nitrogens with zero attached hydrogens (tertiary/aromatic N) is 1. The molecule has 1 N–H and O–H groups in total. The molecule has 1 aromatic rings. The maximum Gasteiger partial charge on any atom is 0.329 e. The van der Waals surface area contributed by atoms with Crippen LogP contribution in [0.5, 0.6) is 0 Å². The van der Waals surface area contributed by atoms with Crippen LogP contribution in [0.2, 0.25) is 0 Å². The van der Waals surface area contributed by atoms with Crippen molar-refractivity contribution in [3.05, 3.63) is 40.4 Å². The van der Waals surface area contributed by atoms with Crippen LogP contribution in [-0.2, 0) is 9.59 Å². The summed E-state index contributed by atoms with van der Waals surface area (Å²) >= 11 is 3.34. The molecule has 0 bridgehead atoms. The molecule has 1 aromatic carbocycles. The smallest absolute Gasteiger partial charge is 0.329 e. The van der Waals surface area contributed by atoms with Gasteiger partial charge < -0.3 is 10.0 Å². The van der Waals surface area contributed by atoms with E-state index in [0.717, 1.165) is 10.0 Å². The number of hydrogen-bond acceptors (Lipinski definition) is 2. The van der Waals surface area contributed by atoms with Gasteiger partial charge in [0.1, 0.15) is 5.54 Å². The summed E-state index contributed by atoms with van der Waals surface area (Å²) in [5.74, 6) is -1.40. The van der Waals surface area contributed by atoms with Crippen molar-refractivity contribution in [3.8, 4) is 0 Å². The van der Waals surface area contributed by atoms with E-state index in [-0.39, 0.29) is 5.91 Å². The van der Waals surface area contributed by atoms with Gasteiger partial charge in [-0.3, -0.25) is 4.79 Å². The first kappa shape index (κ1) is 15.4. The zero-order valence-electron chi connectivity index (χ0n) is 11.1. The number of likely N-dealkylation sites (N-methyl/N-ethyl adjacent to an activating group) is 1. The Morgan fingerprint density at radius 1 is 1.37 bits per heavy atom. The van der Waals surface area contributed by atoms with Crippen LogP contribution < -0.4 is 0 Å². The zero-order chi connectivity index (χ0) is 14.6. The number of carbonyl (C=O) groups excluding carboxylic acids is 1. The van der Waals surface area contributed by atoms with Crippen molar-refractivity contribution in [3.63, 3.8) is 0 Å². The highest BCUT2D eigenvalue weighted by Gasteiger charge is 2.34. The molecular weight excluding hydrogens is 310 g/mol. The number of benzene rings is 1. The lowest BCUT2D eigenvalue weighted by atomic mass is 10.0. The van der Waals surface area contributed by atoms with Crippen LogP contribution in [0.3, 0.4) is 0 Å². The van der Waals surface area contributed by atoms with Gasteiger partial charge in [-0.05, 0) is 37.6 Å². The summed E-state index contributed by atoms with van der Waals surface area (Å²) in [5.41, 5.74) is -0.372. The molecule has 0 aromatic heterocycles. The fraction of sp³-hybridized carbons (Fsp3) is 0.286. The molecular formula is C14H16BrNO3. The van der Waals surface area contributed by atoms with E-state index in [9.17, 15) is 9.59 Å². The van der Waals surface area contributed by atoms with E-state index < -0.39 is 11.5 Å². The fourth-order valence-electron chi connectivity index (χ4n) is 1.31. The van der Waals surface area contributed by atoms with Crippen molar-refractivity contribution in [1.29, 1.82) is 0 Å². The van der Waals surface area contributed by atoms with Crippen LogP contribution >= 0.6 is 15.9 Å². The molecule has 0 unspecified atom stereocenters. The Kier molecular flexibility index (Phi) is 4.89. The van der Waals surface area contributed by atoms with Crippen LogP contribution in [0.25, 0.3) is 6.08 Å². The molecule has 0 aliphatic carbocycles. The first-order valence-corrected chi connectivity index (χ1v) is 6.49. The second-order valence-electron chi connectivity index (χ2n) is 4.65. The summed E-state index contributed by atoms with van der Waals surface area (Å²) in [6.45, 7) is 2.97. The Morgan fingerprint density at radius 3 is 2.53 bits per heavy atom. The molecule has 102 valence electrons. The zero-order valence-corrected chi connectivity index (χ0v) is 12.6. The highest BCUT2D eigenvalue weighted by atomic mass is 79.9. The van der Waals surface area contributed by atoms with E-state index in [2.05, 4.69) is 15.9 Å². The van der Waals surface area contributed by atoms with Gasteiger partial charge in [0.25, 0.3) is 0 Å². The van der Waals surface area contributed by atoms with Crippen molar-refractivity contribution < 1.29 is 14.7 Å². The second kappa shape index (κ2) is 6.02. The lowest BCUT2D eigenvalue weighted by Gasteiger charge is -2.30. The third-order valence-electron chi connectivity index (χ3n) is 2.96. The van der Waals surface area contributed by atoms with E-state index in [4.69, 9.17) is 5.11 Å². The summed E-state index contributed by atoms with van der Waals surface area (Å²) in [4.78, 5) is 24.2. The molecule has 0 radical (unpaired) electrons. The molecule has 0 heterocycles. The number of amides is 1. The molecule has 0 spiro atoms. The van der Waals surface area contributed by atoms with Gasteiger partial charge in [0, 0.05) is 17.6 Å². The Balaban J connectivity index is 2.83. The predicted molar refractivity (Wildman–Crippen MR) is 77.7 cm³/mol. The van der Waals surface area contributed by atoms with Crippen LogP contribution in [0.4, 0.5) is 0 Å². The average molecular weight is 326 g/mol. The fourth-order valence-corrected chi connectivity index (χ4v) is 1.73. The maximum absolute atomic E-state index is 11.9. The summed E-state index contributed by atoms with van der Waals surface area (Å²) in [6, 6.07) is 7.47. The Labute approximate surface area is 120 Å². The SMILES string of the molecule is CN(C(=O)C=Cc1cccc(Br)c1)C(C)(C)C(=O)O. The Bertz CT molecular complexity index is 523. The van der Waals surface area contributed by atoms with Crippen LogP contribution in [0, 0.1) is 0 Å². The Morgan fingerprint density at radius 2 is 2.00 bits per heavy atom. The Hall–Kier alpha value is -1.62. The van der Waals surface area contributed by atoms with Crippen molar-refractivity contribution in [2.45, 2.75) is 19.4 Å². The van der Waals surface area contributed by atoms with E-state index in [1.807, 2.05) is 24.3 Å². The highest BCUT2D eigenvalue weighted by Crippen LogP contribution is 2.15. The summed E-state index contributed by atoms with van der Waals surface area (Å²) in [6.07, 6.45) is 3.02. The minimum absolute atomic E-state index is 0.354. The molecule has 0 aliphatic rings. The van der Waals surface area contributed by atoms with Gasteiger partial charge >= 0.3 is 5.97 Å². The molecule has 1 amide bonds. The lowest BCUT2D eigenvalue weighted by Crippen LogP contribution is -2.50. The van der Waals surface area contributed by atoms with Gasteiger partial charge in [-0.15, -0.1) is 0 Å². The third kappa shape index (κ3) is 3.92. The van der Waals surface area contributed by atoms with E-state index in [1.54, 1.807) is 6.08 Å². The first-order valence-electron chi connectivity index (χ1n) is 5.70. The maximum atomic E-state index is 11.9. The second-order valence-corrected chi connectivity index (χ2v) is 5.57. The monoisotopic (exact) mass is 325 g/mol. The number of rotatable bonds is 4. The van der Waals surface area contributed by atoms with Crippen molar-refractivity contribution in [1.82, 2.24) is 4.90 Å². The quantitative estimate of drug-likeness (QED) is 0.866. The molecule has 19 heavy (non-hydrogen) atoms. The number of halogens is 1. The van der Waals surface area contributed by atoms with Gasteiger partial charge in [-0.1, -0.05) is 28.1 Å². The van der Waals surface area contributed by atoms with Crippen LogP contribution in [0.1, 0.15) is 19.4 Å². The van der Waals surface area contributed by atoms with Gasteiger partial charge in [-0.25, -0.2) is 4.79 Å². The molecule has 0 saturated heterocycles. The van der Waals surface area contributed by atoms with Crippen molar-refractivity contribution in [2.24, 2.45) is 0 Å². The number of hydrogen-bond donors (Lipinski definition) is 1. The van der Waals surface area contributed by atoms with Crippen LogP contribution in [-0.4, -0.2) is 34.5 Å². The topological polar surface area (TPSA) is 57.6 Å². The number of carboxylic acids is 1. The highest BCUT2D eigenvalue weighted by molar-refractivity contribution is 9.10. The van der Waals surface area contributed by atoms with Crippen LogP contribution in [0.15, 0.2) is 34.8 Å². The van der Waals surface area contributed by atoms with E-state index in [0.29, 0.717) is 0 Å². The largest absolute Gasteiger partial charge is 0.480 e. The molecule has 5 heteroatoms. The van der Waals surface area contributed by atoms with Gasteiger partial charge in [0.2, 0.25) is 5.91 Å². The van der Waals surface area contributed by atoms with E-state index >= 15 is 0 Å². The molecule has 4 nitrogen and oxygen atoms in total. The summed E-state index contributed by atoms with van der Waals surface area (Å²) in [7, 11) is 1.47. The first-order chi connectivity index (χ1) is 8.75. The molecule has 0 aliphatic heterocycles. The lowest BCUT2D eigenvalue weighted by molar-refractivity contribution is -0.153. The minimum atomic E-state index is -1.24. The standard InChI is InChI=1S/C14H16BrNO3/c1-14(2,13(18)19)16(3)12(17)8-7-10-5-4-6-11(15)9-10/h4-9H,1-3H3,(H,18,19). The van der Waals surface area contributed by atoms with Gasteiger partial charge in [-0.2, -0.15) is 0 Å². The number of carboxylic acid groups (broad SMARTS) is 1. The molecule has 1 rings (SSSR count). The number of aliphatic carboxylic acids is 1. The average Bonchev–Trinajstić information content (AvgIpc) is 2.34. The van der Waals surface area contributed by atoms with Crippen molar-refractivity contribution >= 4 is 33.9 Å². The third-order valence-corrected chi connectivity index (χ3v) is 3.45. The summed E-state index contributed by atoms with van der Waals surface area (Å²) in [5, 5.41) is 9.06. The molecule has 0 fully saturated rings. The number of carbonyl (C=O) groups is 2. The predicted octanol–water partition coefficient (Wildman–Crippen LogP) is 2.78.